The third kappa shape index (κ3) is 4.59. The Bertz CT molecular complexity index is 800. The summed E-state index contributed by atoms with van der Waals surface area (Å²) in [5, 5.41) is 10.0. The largest absolute Gasteiger partial charge is 0.301 e. The van der Waals surface area contributed by atoms with Gasteiger partial charge >= 0.3 is 0 Å². The Balaban J connectivity index is 2.10. The molecular formula is C15H20N4O3S2. The van der Waals surface area contributed by atoms with Crippen molar-refractivity contribution in [2.24, 2.45) is 0 Å². The van der Waals surface area contributed by atoms with Crippen LogP contribution in [0.1, 0.15) is 44.4 Å². The number of benzene rings is 1. The third-order valence-corrected chi connectivity index (χ3v) is 6.17. The fraction of sp³-hybridized carbons (Fsp3) is 0.400. The normalized spacial score (nSPS) is 12.8. The van der Waals surface area contributed by atoms with E-state index in [9.17, 15) is 13.2 Å². The van der Waals surface area contributed by atoms with Crippen molar-refractivity contribution in [2.75, 3.05) is 5.32 Å². The molecule has 1 heterocycles. The van der Waals surface area contributed by atoms with E-state index < -0.39 is 16.1 Å². The second kappa shape index (κ2) is 7.82. The minimum absolute atomic E-state index is 0.169. The lowest BCUT2D eigenvalue weighted by atomic mass is 10.1. The summed E-state index contributed by atoms with van der Waals surface area (Å²) in [6, 6.07) is 7.35. The number of sulfonamides is 1. The predicted molar refractivity (Wildman–Crippen MR) is 93.4 cm³/mol. The summed E-state index contributed by atoms with van der Waals surface area (Å²) in [6.07, 6.45) is 1.21. The van der Waals surface area contributed by atoms with Crippen LogP contribution in [0.25, 0.3) is 0 Å². The Kier molecular flexibility index (Phi) is 6.03. The van der Waals surface area contributed by atoms with Crippen LogP contribution in [0.5, 0.6) is 0 Å². The van der Waals surface area contributed by atoms with E-state index in [-0.39, 0.29) is 21.8 Å². The Labute approximate surface area is 145 Å². The minimum Gasteiger partial charge on any atom is -0.301 e. The number of aryl methyl sites for hydroxylation is 1. The summed E-state index contributed by atoms with van der Waals surface area (Å²) < 4.78 is 27.2. The fourth-order valence-corrected chi connectivity index (χ4v) is 4.13. The highest BCUT2D eigenvalue weighted by Gasteiger charge is 2.23. The van der Waals surface area contributed by atoms with Crippen molar-refractivity contribution in [1.82, 2.24) is 14.9 Å². The molecule has 7 nitrogen and oxygen atoms in total. The van der Waals surface area contributed by atoms with Gasteiger partial charge in [-0.15, -0.1) is 10.2 Å². The van der Waals surface area contributed by atoms with Gasteiger partial charge < -0.3 is 5.32 Å². The molecule has 0 radical (unpaired) electrons. The first-order valence-electron chi connectivity index (χ1n) is 7.60. The number of hydrogen-bond acceptors (Lipinski definition) is 6. The van der Waals surface area contributed by atoms with Gasteiger partial charge in [0.1, 0.15) is 0 Å². The summed E-state index contributed by atoms with van der Waals surface area (Å²) in [4.78, 5) is 11.3. The zero-order valence-corrected chi connectivity index (χ0v) is 15.4. The lowest BCUT2D eigenvalue weighted by molar-refractivity contribution is -0.115. The Morgan fingerprint density at radius 3 is 2.46 bits per heavy atom. The van der Waals surface area contributed by atoms with Crippen LogP contribution >= 0.6 is 11.3 Å². The van der Waals surface area contributed by atoms with Gasteiger partial charge in [-0.1, -0.05) is 49.4 Å². The van der Waals surface area contributed by atoms with Crippen LogP contribution in [0.15, 0.2) is 28.6 Å². The molecule has 24 heavy (non-hydrogen) atoms. The van der Waals surface area contributed by atoms with Crippen molar-refractivity contribution < 1.29 is 13.2 Å². The number of nitrogens with one attached hydrogen (secondary N) is 2. The number of aromatic nitrogens is 2. The molecule has 1 atom stereocenters. The molecule has 0 spiro atoms. The SMILES string of the molecule is CCC(=O)Nc1nnc(S(=O)(=O)N[C@H](C)c2ccc(CC)cc2)s1. The molecule has 130 valence electrons. The van der Waals surface area contributed by atoms with E-state index in [1.165, 1.54) is 5.56 Å². The fourth-order valence-electron chi connectivity index (χ4n) is 1.97. The number of hydrogen-bond donors (Lipinski definition) is 2. The standard InChI is InChI=1S/C15H20N4O3S2/c1-4-11-6-8-12(9-7-11)10(3)19-24(21,22)15-18-17-14(23-15)16-13(20)5-2/h6-10,19H,4-5H2,1-3H3,(H,16,17,20)/t10-/m1/s1. The second-order valence-corrected chi connectivity index (χ2v) is 8.08. The highest BCUT2D eigenvalue weighted by atomic mass is 32.2. The summed E-state index contributed by atoms with van der Waals surface area (Å²) in [6.45, 7) is 5.52. The van der Waals surface area contributed by atoms with E-state index in [2.05, 4.69) is 27.2 Å². The highest BCUT2D eigenvalue weighted by molar-refractivity contribution is 7.91. The van der Waals surface area contributed by atoms with Crippen molar-refractivity contribution >= 4 is 32.4 Å². The molecule has 0 aliphatic carbocycles. The zero-order chi connectivity index (χ0) is 17.7. The molecule has 0 unspecified atom stereocenters. The number of amides is 1. The summed E-state index contributed by atoms with van der Waals surface area (Å²) in [5.41, 5.74) is 2.05. The maximum Gasteiger partial charge on any atom is 0.270 e. The quantitative estimate of drug-likeness (QED) is 0.731. The molecule has 0 fully saturated rings. The number of rotatable bonds is 7. The monoisotopic (exact) mass is 368 g/mol. The van der Waals surface area contributed by atoms with E-state index >= 15 is 0 Å². The van der Waals surface area contributed by atoms with Crippen LogP contribution in [0, 0.1) is 0 Å². The molecule has 1 aromatic carbocycles. The highest BCUT2D eigenvalue weighted by Crippen LogP contribution is 2.22. The Morgan fingerprint density at radius 2 is 1.88 bits per heavy atom. The molecule has 2 N–H and O–H groups in total. The van der Waals surface area contributed by atoms with Crippen molar-refractivity contribution in [2.45, 2.75) is 44.0 Å². The lowest BCUT2D eigenvalue weighted by Crippen LogP contribution is -2.26. The van der Waals surface area contributed by atoms with Crippen LogP contribution in [0.4, 0.5) is 5.13 Å². The first-order chi connectivity index (χ1) is 11.4. The Hall–Kier alpha value is -1.84. The van der Waals surface area contributed by atoms with Crippen LogP contribution in [-0.4, -0.2) is 24.5 Å². The number of carbonyl (C=O) groups is 1. The van der Waals surface area contributed by atoms with Gasteiger partial charge in [0.05, 0.1) is 0 Å². The summed E-state index contributed by atoms with van der Waals surface area (Å²) in [7, 11) is -3.80. The van der Waals surface area contributed by atoms with Gasteiger partial charge in [-0.05, 0) is 24.5 Å². The first-order valence-corrected chi connectivity index (χ1v) is 9.90. The molecule has 0 aliphatic heterocycles. The van der Waals surface area contributed by atoms with Gasteiger partial charge in [0, 0.05) is 12.5 Å². The van der Waals surface area contributed by atoms with Crippen molar-refractivity contribution in [3.8, 4) is 0 Å². The molecule has 1 aromatic heterocycles. The third-order valence-electron chi connectivity index (χ3n) is 3.42. The predicted octanol–water partition coefficient (Wildman–Crippen LogP) is 2.49. The van der Waals surface area contributed by atoms with E-state index in [0.29, 0.717) is 0 Å². The smallest absolute Gasteiger partial charge is 0.270 e. The van der Waals surface area contributed by atoms with Crippen LogP contribution < -0.4 is 10.0 Å². The van der Waals surface area contributed by atoms with Crippen LogP contribution in [0.2, 0.25) is 0 Å². The number of anilines is 1. The number of carbonyl (C=O) groups excluding carboxylic acids is 1. The minimum atomic E-state index is -3.80. The van der Waals surface area contributed by atoms with Crippen molar-refractivity contribution in [3.05, 3.63) is 35.4 Å². The topological polar surface area (TPSA) is 101 Å². The second-order valence-electron chi connectivity index (χ2n) is 5.21. The summed E-state index contributed by atoms with van der Waals surface area (Å²) >= 11 is 0.822. The zero-order valence-electron chi connectivity index (χ0n) is 13.7. The molecule has 0 saturated heterocycles. The molecule has 1 amide bonds. The summed E-state index contributed by atoms with van der Waals surface area (Å²) in [5.74, 6) is -0.243. The maximum atomic E-state index is 12.4. The van der Waals surface area contributed by atoms with E-state index in [1.54, 1.807) is 13.8 Å². The molecule has 0 bridgehead atoms. The maximum absolute atomic E-state index is 12.4. The lowest BCUT2D eigenvalue weighted by Gasteiger charge is -2.13. The Morgan fingerprint density at radius 1 is 1.21 bits per heavy atom. The van der Waals surface area contributed by atoms with Crippen LogP contribution in [0.3, 0.4) is 0 Å². The molecule has 2 aromatic rings. The van der Waals surface area contributed by atoms with Gasteiger partial charge in [-0.25, -0.2) is 13.1 Å². The number of nitrogens with zero attached hydrogens (tertiary/aromatic N) is 2. The van der Waals surface area contributed by atoms with Crippen molar-refractivity contribution in [3.63, 3.8) is 0 Å². The van der Waals surface area contributed by atoms with Gasteiger partial charge in [0.2, 0.25) is 15.4 Å². The molecule has 2 rings (SSSR count). The van der Waals surface area contributed by atoms with Gasteiger partial charge in [0.25, 0.3) is 10.0 Å². The van der Waals surface area contributed by atoms with Crippen LogP contribution in [-0.2, 0) is 21.2 Å². The molecule has 0 saturated carbocycles. The molecular weight excluding hydrogens is 348 g/mol. The first kappa shape index (κ1) is 18.5. The van der Waals surface area contributed by atoms with E-state index in [1.807, 2.05) is 24.3 Å². The average Bonchev–Trinajstić information content (AvgIpc) is 3.03. The van der Waals surface area contributed by atoms with E-state index in [0.717, 1.165) is 23.3 Å². The van der Waals surface area contributed by atoms with Gasteiger partial charge in [-0.3, -0.25) is 4.79 Å². The van der Waals surface area contributed by atoms with Crippen molar-refractivity contribution in [1.29, 1.82) is 0 Å². The van der Waals surface area contributed by atoms with Gasteiger partial charge in [-0.2, -0.15) is 0 Å². The molecule has 9 heteroatoms. The van der Waals surface area contributed by atoms with Gasteiger partial charge in [0.15, 0.2) is 0 Å². The average molecular weight is 368 g/mol. The molecule has 0 aliphatic rings. The van der Waals surface area contributed by atoms with E-state index in [4.69, 9.17) is 0 Å².